The summed E-state index contributed by atoms with van der Waals surface area (Å²) < 4.78 is 0. The number of hydrogen-bond acceptors (Lipinski definition) is 4. The molecule has 2 aromatic carbocycles. The van der Waals surface area contributed by atoms with E-state index in [1.165, 1.54) is 0 Å². The predicted octanol–water partition coefficient (Wildman–Crippen LogP) is 4.82. The number of carbonyl (C=O) groups excluding carboxylic acids is 2. The molecule has 0 unspecified atom stereocenters. The molecule has 2 amide bonds. The summed E-state index contributed by atoms with van der Waals surface area (Å²) in [6.07, 6.45) is 2.97. The molecule has 2 atom stereocenters. The van der Waals surface area contributed by atoms with Gasteiger partial charge in [0.2, 0.25) is 11.8 Å². The number of amides is 2. The van der Waals surface area contributed by atoms with Gasteiger partial charge in [-0.1, -0.05) is 44.2 Å². The lowest BCUT2D eigenvalue weighted by Crippen LogP contribution is -2.43. The predicted molar refractivity (Wildman–Crippen MR) is 123 cm³/mol. The van der Waals surface area contributed by atoms with Gasteiger partial charge in [0.25, 0.3) is 0 Å². The first-order valence-corrected chi connectivity index (χ1v) is 11.1. The molecule has 2 aromatic rings. The summed E-state index contributed by atoms with van der Waals surface area (Å²) in [5.41, 5.74) is 2.76. The lowest BCUT2D eigenvalue weighted by atomic mass is 9.97. The van der Waals surface area contributed by atoms with E-state index >= 15 is 0 Å². The van der Waals surface area contributed by atoms with E-state index in [0.717, 1.165) is 28.3 Å². The summed E-state index contributed by atoms with van der Waals surface area (Å²) in [6, 6.07) is 15.1. The van der Waals surface area contributed by atoms with Gasteiger partial charge in [0, 0.05) is 10.6 Å². The third-order valence-corrected chi connectivity index (χ3v) is 5.97. The molecule has 29 heavy (non-hydrogen) atoms. The number of nitrogens with one attached hydrogen (secondary N) is 2. The molecule has 0 heterocycles. The number of hydrogen-bond donors (Lipinski definition) is 2. The zero-order chi connectivity index (χ0) is 21.4. The normalized spacial score (nSPS) is 13.0. The standard InChI is InChI=1S/C23H31N3O2S/c1-6-16(2)18-11-7-8-12-19(18)25-23(28)17(3)26(4)15-22(27)24-20-13-9-10-14-21(20)29-5/h7-14,16-17H,6,15H2,1-5H3,(H,24,27)(H,25,28)/t16-,17+/m0/s1. The minimum Gasteiger partial charge on any atom is -0.324 e. The third kappa shape index (κ3) is 6.34. The van der Waals surface area contributed by atoms with Crippen LogP contribution in [0.15, 0.2) is 53.4 Å². The van der Waals surface area contributed by atoms with Gasteiger partial charge < -0.3 is 10.6 Å². The third-order valence-electron chi connectivity index (χ3n) is 5.18. The van der Waals surface area contributed by atoms with Gasteiger partial charge in [0.15, 0.2) is 0 Å². The van der Waals surface area contributed by atoms with Crippen molar-refractivity contribution in [2.24, 2.45) is 0 Å². The summed E-state index contributed by atoms with van der Waals surface area (Å²) in [5, 5.41) is 5.97. The quantitative estimate of drug-likeness (QED) is 0.579. The second-order valence-corrected chi connectivity index (χ2v) is 8.07. The Bertz CT molecular complexity index is 840. The summed E-state index contributed by atoms with van der Waals surface area (Å²) in [7, 11) is 1.78. The average molecular weight is 414 g/mol. The van der Waals surface area contributed by atoms with Crippen LogP contribution in [0.5, 0.6) is 0 Å². The monoisotopic (exact) mass is 413 g/mol. The van der Waals surface area contributed by atoms with Crippen LogP contribution in [0.4, 0.5) is 11.4 Å². The summed E-state index contributed by atoms with van der Waals surface area (Å²) in [6.45, 7) is 6.22. The second-order valence-electron chi connectivity index (χ2n) is 7.23. The first-order valence-electron chi connectivity index (χ1n) is 9.90. The Balaban J connectivity index is 1.98. The number of anilines is 2. The Hall–Kier alpha value is -2.31. The van der Waals surface area contributed by atoms with E-state index in [4.69, 9.17) is 0 Å². The Kier molecular flexibility index (Phi) is 8.73. The minimum atomic E-state index is -0.443. The number of rotatable bonds is 9. The SMILES string of the molecule is CC[C@H](C)c1ccccc1NC(=O)[C@@H](C)N(C)CC(=O)Nc1ccccc1SC. The van der Waals surface area contributed by atoms with E-state index in [0.29, 0.717) is 5.92 Å². The molecule has 0 saturated carbocycles. The van der Waals surface area contributed by atoms with Gasteiger partial charge >= 0.3 is 0 Å². The van der Waals surface area contributed by atoms with Crippen molar-refractivity contribution in [2.75, 3.05) is 30.5 Å². The van der Waals surface area contributed by atoms with Crippen molar-refractivity contribution in [3.05, 3.63) is 54.1 Å². The topological polar surface area (TPSA) is 61.4 Å². The minimum absolute atomic E-state index is 0.124. The highest BCUT2D eigenvalue weighted by Gasteiger charge is 2.22. The van der Waals surface area contributed by atoms with Crippen LogP contribution in [-0.2, 0) is 9.59 Å². The first-order chi connectivity index (χ1) is 13.9. The smallest absolute Gasteiger partial charge is 0.241 e. The molecule has 2 N–H and O–H groups in total. The molecule has 0 radical (unpaired) electrons. The van der Waals surface area contributed by atoms with Crippen molar-refractivity contribution in [1.29, 1.82) is 0 Å². The first kappa shape index (κ1) is 23.0. The number of para-hydroxylation sites is 2. The highest BCUT2D eigenvalue weighted by molar-refractivity contribution is 7.98. The number of nitrogens with zero attached hydrogens (tertiary/aromatic N) is 1. The van der Waals surface area contributed by atoms with Gasteiger partial charge in [0.1, 0.15) is 0 Å². The maximum Gasteiger partial charge on any atom is 0.241 e. The Morgan fingerprint density at radius 2 is 1.62 bits per heavy atom. The van der Waals surface area contributed by atoms with Gasteiger partial charge in [-0.15, -0.1) is 11.8 Å². The van der Waals surface area contributed by atoms with Gasteiger partial charge in [0.05, 0.1) is 18.3 Å². The number of likely N-dealkylation sites (N-methyl/N-ethyl adjacent to an activating group) is 1. The van der Waals surface area contributed by atoms with Gasteiger partial charge in [-0.25, -0.2) is 0 Å². The highest BCUT2D eigenvalue weighted by atomic mass is 32.2. The highest BCUT2D eigenvalue weighted by Crippen LogP contribution is 2.27. The largest absolute Gasteiger partial charge is 0.324 e. The van der Waals surface area contributed by atoms with Gasteiger partial charge in [-0.2, -0.15) is 0 Å². The Morgan fingerprint density at radius 3 is 2.28 bits per heavy atom. The fourth-order valence-electron chi connectivity index (χ4n) is 3.00. The molecular weight excluding hydrogens is 382 g/mol. The molecule has 0 fully saturated rings. The number of benzene rings is 2. The van der Waals surface area contributed by atoms with Crippen molar-refractivity contribution in [1.82, 2.24) is 4.90 Å². The van der Waals surface area contributed by atoms with Gasteiger partial charge in [-0.3, -0.25) is 14.5 Å². The lowest BCUT2D eigenvalue weighted by Gasteiger charge is -2.24. The molecule has 0 saturated heterocycles. The van der Waals surface area contributed by atoms with Crippen molar-refractivity contribution < 1.29 is 9.59 Å². The summed E-state index contributed by atoms with van der Waals surface area (Å²) >= 11 is 1.58. The van der Waals surface area contributed by atoms with E-state index in [1.54, 1.807) is 23.7 Å². The zero-order valence-corrected chi connectivity index (χ0v) is 18.7. The molecule has 0 aromatic heterocycles. The average Bonchev–Trinajstić information content (AvgIpc) is 2.73. The molecule has 0 spiro atoms. The van der Waals surface area contributed by atoms with E-state index in [2.05, 4.69) is 30.5 Å². The lowest BCUT2D eigenvalue weighted by molar-refractivity contribution is -0.122. The van der Waals surface area contributed by atoms with Crippen molar-refractivity contribution in [3.63, 3.8) is 0 Å². The second kappa shape index (κ2) is 11.0. The molecule has 0 bridgehead atoms. The van der Waals surface area contributed by atoms with Crippen LogP contribution in [-0.4, -0.2) is 42.6 Å². The van der Waals surface area contributed by atoms with Crippen molar-refractivity contribution in [3.8, 4) is 0 Å². The number of thioether (sulfide) groups is 1. The molecule has 0 aliphatic rings. The van der Waals surface area contributed by atoms with Crippen LogP contribution in [0.25, 0.3) is 0 Å². The summed E-state index contributed by atoms with van der Waals surface area (Å²) in [4.78, 5) is 28.0. The van der Waals surface area contributed by atoms with E-state index in [-0.39, 0.29) is 18.4 Å². The van der Waals surface area contributed by atoms with Crippen LogP contribution in [0.1, 0.15) is 38.7 Å². The van der Waals surface area contributed by atoms with Crippen LogP contribution >= 0.6 is 11.8 Å². The number of carbonyl (C=O) groups is 2. The Labute approximate surface area is 178 Å². The Morgan fingerprint density at radius 1 is 1.00 bits per heavy atom. The van der Waals surface area contributed by atoms with Crippen LogP contribution in [0.2, 0.25) is 0 Å². The van der Waals surface area contributed by atoms with Gasteiger partial charge in [-0.05, 0) is 56.3 Å². The molecule has 6 heteroatoms. The van der Waals surface area contributed by atoms with E-state index in [9.17, 15) is 9.59 Å². The van der Waals surface area contributed by atoms with E-state index in [1.807, 2.05) is 55.6 Å². The fraction of sp³-hybridized carbons (Fsp3) is 0.391. The van der Waals surface area contributed by atoms with Crippen LogP contribution in [0, 0.1) is 0 Å². The van der Waals surface area contributed by atoms with Crippen LogP contribution in [0.3, 0.4) is 0 Å². The maximum atomic E-state index is 12.8. The fourth-order valence-corrected chi connectivity index (χ4v) is 3.55. The van der Waals surface area contributed by atoms with Crippen molar-refractivity contribution in [2.45, 2.75) is 44.0 Å². The summed E-state index contributed by atoms with van der Waals surface area (Å²) in [5.74, 6) is 0.0936. The molecule has 156 valence electrons. The zero-order valence-electron chi connectivity index (χ0n) is 17.9. The van der Waals surface area contributed by atoms with Crippen molar-refractivity contribution >= 4 is 35.0 Å². The molecule has 2 rings (SSSR count). The molecule has 0 aliphatic heterocycles. The molecular formula is C23H31N3O2S. The molecule has 0 aliphatic carbocycles. The molecule has 5 nitrogen and oxygen atoms in total. The maximum absolute atomic E-state index is 12.8. The van der Waals surface area contributed by atoms with Crippen LogP contribution < -0.4 is 10.6 Å². The van der Waals surface area contributed by atoms with E-state index < -0.39 is 6.04 Å².